The molecule has 1 fully saturated rings. The fraction of sp³-hybridized carbons (Fsp3) is 0.381. The average Bonchev–Trinajstić information content (AvgIpc) is 3.15. The van der Waals surface area contributed by atoms with Crippen LogP contribution in [0.4, 0.5) is 5.69 Å². The van der Waals surface area contributed by atoms with Gasteiger partial charge in [0.15, 0.2) is 11.5 Å². The van der Waals surface area contributed by atoms with Crippen LogP contribution in [0.3, 0.4) is 0 Å². The summed E-state index contributed by atoms with van der Waals surface area (Å²) in [5, 5.41) is 2.79. The standard InChI is InChI=1S/C21H24N2O5S/c1-14-9-15(2)12-23(11-14)29(25,26)18-6-3-16(4-7-18)21(24)22-17-5-8-19-20(10-17)28-13-27-19/h3-8,10,14-15H,9,11-13H2,1-2H3,(H,22,24)/t14-,15-/m1/s1. The van der Waals surface area contributed by atoms with Crippen LogP contribution in [0.25, 0.3) is 0 Å². The molecule has 7 nitrogen and oxygen atoms in total. The van der Waals surface area contributed by atoms with Gasteiger partial charge in [-0.25, -0.2) is 8.42 Å². The molecule has 0 spiro atoms. The molecule has 2 atom stereocenters. The Hall–Kier alpha value is -2.58. The summed E-state index contributed by atoms with van der Waals surface area (Å²) in [4.78, 5) is 12.7. The van der Waals surface area contributed by atoms with E-state index < -0.39 is 10.0 Å². The van der Waals surface area contributed by atoms with Crippen LogP contribution < -0.4 is 14.8 Å². The zero-order chi connectivity index (χ0) is 20.6. The number of fused-ring (bicyclic) bond motifs is 1. The van der Waals surface area contributed by atoms with Gasteiger partial charge in [-0.3, -0.25) is 4.79 Å². The Bertz CT molecular complexity index is 1010. The summed E-state index contributed by atoms with van der Waals surface area (Å²) in [6.45, 7) is 5.36. The van der Waals surface area contributed by atoms with Crippen molar-refractivity contribution in [3.05, 3.63) is 48.0 Å². The highest BCUT2D eigenvalue weighted by Gasteiger charge is 2.31. The van der Waals surface area contributed by atoms with Crippen LogP contribution in [0.5, 0.6) is 11.5 Å². The monoisotopic (exact) mass is 416 g/mol. The fourth-order valence-electron chi connectivity index (χ4n) is 3.91. The summed E-state index contributed by atoms with van der Waals surface area (Å²) in [5.74, 6) is 1.56. The normalized spacial score (nSPS) is 21.7. The maximum Gasteiger partial charge on any atom is 0.255 e. The van der Waals surface area contributed by atoms with Crippen molar-refractivity contribution in [3.63, 3.8) is 0 Å². The number of carbonyl (C=O) groups excluding carboxylic acids is 1. The Labute approximate surface area is 170 Å². The Morgan fingerprint density at radius 3 is 2.34 bits per heavy atom. The number of benzene rings is 2. The molecule has 0 aromatic heterocycles. The number of carbonyl (C=O) groups is 1. The SMILES string of the molecule is C[C@@H]1C[C@@H](C)CN(S(=O)(=O)c2ccc(C(=O)Nc3ccc4c(c3)OCO4)cc2)C1. The van der Waals surface area contributed by atoms with E-state index in [9.17, 15) is 13.2 Å². The van der Waals surface area contributed by atoms with Crippen molar-refractivity contribution in [2.45, 2.75) is 25.2 Å². The molecule has 0 unspecified atom stereocenters. The zero-order valence-corrected chi connectivity index (χ0v) is 17.2. The first-order chi connectivity index (χ1) is 13.8. The second kappa shape index (κ2) is 7.68. The first-order valence-electron chi connectivity index (χ1n) is 9.64. The van der Waals surface area contributed by atoms with Crippen molar-refractivity contribution in [1.82, 2.24) is 4.31 Å². The minimum Gasteiger partial charge on any atom is -0.454 e. The lowest BCUT2D eigenvalue weighted by molar-refractivity contribution is 0.102. The smallest absolute Gasteiger partial charge is 0.255 e. The molecule has 154 valence electrons. The number of ether oxygens (including phenoxy) is 2. The average molecular weight is 416 g/mol. The second-order valence-corrected chi connectivity index (χ2v) is 9.75. The van der Waals surface area contributed by atoms with Gasteiger partial charge in [0.25, 0.3) is 5.91 Å². The van der Waals surface area contributed by atoms with E-state index in [1.807, 2.05) is 0 Å². The maximum absolute atomic E-state index is 13.0. The highest BCUT2D eigenvalue weighted by Crippen LogP contribution is 2.34. The molecule has 1 amide bonds. The molecule has 8 heteroatoms. The number of hydrogen-bond acceptors (Lipinski definition) is 5. The van der Waals surface area contributed by atoms with Gasteiger partial charge in [0, 0.05) is 30.4 Å². The van der Waals surface area contributed by atoms with Gasteiger partial charge >= 0.3 is 0 Å². The molecule has 1 saturated heterocycles. The molecule has 2 heterocycles. The Balaban J connectivity index is 1.47. The number of nitrogens with zero attached hydrogens (tertiary/aromatic N) is 1. The third-order valence-electron chi connectivity index (χ3n) is 5.22. The zero-order valence-electron chi connectivity index (χ0n) is 16.4. The molecule has 2 aromatic rings. The summed E-state index contributed by atoms with van der Waals surface area (Å²) in [5.41, 5.74) is 0.953. The first-order valence-corrected chi connectivity index (χ1v) is 11.1. The number of anilines is 1. The molecular formula is C21H24N2O5S. The van der Waals surface area contributed by atoms with Crippen LogP contribution in [-0.4, -0.2) is 38.5 Å². The van der Waals surface area contributed by atoms with Crippen molar-refractivity contribution < 1.29 is 22.7 Å². The molecule has 0 radical (unpaired) electrons. The summed E-state index contributed by atoms with van der Waals surface area (Å²) >= 11 is 0. The van der Waals surface area contributed by atoms with Gasteiger partial charge in [0.2, 0.25) is 16.8 Å². The van der Waals surface area contributed by atoms with Gasteiger partial charge in [0.05, 0.1) is 4.90 Å². The van der Waals surface area contributed by atoms with E-state index in [2.05, 4.69) is 19.2 Å². The largest absolute Gasteiger partial charge is 0.454 e. The van der Waals surface area contributed by atoms with Gasteiger partial charge in [-0.1, -0.05) is 13.8 Å². The number of hydrogen-bond donors (Lipinski definition) is 1. The maximum atomic E-state index is 13.0. The van der Waals surface area contributed by atoms with Gasteiger partial charge < -0.3 is 14.8 Å². The third kappa shape index (κ3) is 4.09. The molecule has 0 aliphatic carbocycles. The first kappa shape index (κ1) is 19.7. The van der Waals surface area contributed by atoms with Crippen LogP contribution >= 0.6 is 0 Å². The van der Waals surface area contributed by atoms with Crippen molar-refractivity contribution in [1.29, 1.82) is 0 Å². The van der Waals surface area contributed by atoms with Crippen molar-refractivity contribution >= 4 is 21.6 Å². The van der Waals surface area contributed by atoms with Crippen LogP contribution in [-0.2, 0) is 10.0 Å². The molecule has 4 rings (SSSR count). The number of piperidine rings is 1. The van der Waals surface area contributed by atoms with E-state index in [1.54, 1.807) is 22.5 Å². The number of sulfonamides is 1. The number of rotatable bonds is 4. The molecule has 0 saturated carbocycles. The van der Waals surface area contributed by atoms with Crippen LogP contribution in [0.15, 0.2) is 47.4 Å². The summed E-state index contributed by atoms with van der Waals surface area (Å²) < 4.78 is 38.0. The van der Waals surface area contributed by atoms with E-state index >= 15 is 0 Å². The number of nitrogens with one attached hydrogen (secondary N) is 1. The topological polar surface area (TPSA) is 84.9 Å². The highest BCUT2D eigenvalue weighted by molar-refractivity contribution is 7.89. The molecule has 2 aliphatic heterocycles. The summed E-state index contributed by atoms with van der Waals surface area (Å²) in [7, 11) is -3.56. The predicted octanol–water partition coefficient (Wildman–Crippen LogP) is 3.33. The van der Waals surface area contributed by atoms with Gasteiger partial charge in [-0.2, -0.15) is 4.31 Å². The van der Waals surface area contributed by atoms with E-state index in [0.717, 1.165) is 6.42 Å². The minimum atomic E-state index is -3.56. The minimum absolute atomic E-state index is 0.164. The Kier molecular flexibility index (Phi) is 5.23. The molecular weight excluding hydrogens is 392 g/mol. The lowest BCUT2D eigenvalue weighted by Crippen LogP contribution is -2.42. The Morgan fingerprint density at radius 1 is 1.00 bits per heavy atom. The van der Waals surface area contributed by atoms with E-state index in [1.165, 1.54) is 24.3 Å². The van der Waals surface area contributed by atoms with Crippen LogP contribution in [0.2, 0.25) is 0 Å². The van der Waals surface area contributed by atoms with Gasteiger partial charge in [-0.15, -0.1) is 0 Å². The van der Waals surface area contributed by atoms with Crippen molar-refractivity contribution in [2.24, 2.45) is 11.8 Å². The second-order valence-electron chi connectivity index (χ2n) is 7.81. The van der Waals surface area contributed by atoms with Crippen LogP contribution in [0, 0.1) is 11.8 Å². The predicted molar refractivity (Wildman–Crippen MR) is 109 cm³/mol. The Morgan fingerprint density at radius 2 is 1.66 bits per heavy atom. The molecule has 29 heavy (non-hydrogen) atoms. The van der Waals surface area contributed by atoms with Crippen molar-refractivity contribution in [2.75, 3.05) is 25.2 Å². The van der Waals surface area contributed by atoms with Gasteiger partial charge in [-0.05, 0) is 54.7 Å². The molecule has 0 bridgehead atoms. The van der Waals surface area contributed by atoms with Crippen LogP contribution in [0.1, 0.15) is 30.6 Å². The quantitative estimate of drug-likeness (QED) is 0.826. The third-order valence-corrected chi connectivity index (χ3v) is 7.07. The number of amides is 1. The highest BCUT2D eigenvalue weighted by atomic mass is 32.2. The fourth-order valence-corrected chi connectivity index (χ4v) is 5.59. The molecule has 2 aromatic carbocycles. The molecule has 2 aliphatic rings. The lowest BCUT2D eigenvalue weighted by Gasteiger charge is -2.34. The van der Waals surface area contributed by atoms with E-state index in [4.69, 9.17) is 9.47 Å². The van der Waals surface area contributed by atoms with E-state index in [0.29, 0.717) is 47.7 Å². The van der Waals surface area contributed by atoms with Gasteiger partial charge in [0.1, 0.15) is 0 Å². The summed E-state index contributed by atoms with van der Waals surface area (Å²) in [6.07, 6.45) is 1.03. The van der Waals surface area contributed by atoms with E-state index in [-0.39, 0.29) is 17.6 Å². The molecule has 1 N–H and O–H groups in total. The van der Waals surface area contributed by atoms with Crippen molar-refractivity contribution in [3.8, 4) is 11.5 Å². The summed E-state index contributed by atoms with van der Waals surface area (Å²) in [6, 6.07) is 11.2. The lowest BCUT2D eigenvalue weighted by atomic mass is 9.94.